The molecule has 6 rings (SSSR count). The Kier molecular flexibility index (Phi) is 12.2. The van der Waals surface area contributed by atoms with Gasteiger partial charge < -0.3 is 35.4 Å². The van der Waals surface area contributed by atoms with E-state index in [1.165, 1.54) is 41.7 Å². The zero-order valence-corrected chi connectivity index (χ0v) is 31.4. The number of carbonyl (C=O) groups is 7. The van der Waals surface area contributed by atoms with Gasteiger partial charge in [0.25, 0.3) is 0 Å². The number of hydrogen-bond acceptors (Lipinski definition) is 8. The van der Waals surface area contributed by atoms with Crippen LogP contribution in [0.4, 0.5) is 8.78 Å². The molecule has 298 valence electrons. The number of cyclic esters (lactones) is 1. The molecule has 6 amide bonds. The normalized spacial score (nSPS) is 31.0. The Balaban J connectivity index is 1.26. The van der Waals surface area contributed by atoms with Crippen molar-refractivity contribution in [3.63, 3.8) is 0 Å². The average Bonchev–Trinajstić information content (AvgIpc) is 3.45. The van der Waals surface area contributed by atoms with Gasteiger partial charge in [-0.3, -0.25) is 28.8 Å². The van der Waals surface area contributed by atoms with Crippen LogP contribution in [0.3, 0.4) is 0 Å². The van der Waals surface area contributed by atoms with Crippen LogP contribution in [0.2, 0.25) is 0 Å². The van der Waals surface area contributed by atoms with Crippen LogP contribution < -0.4 is 16.0 Å². The lowest BCUT2D eigenvalue weighted by Gasteiger charge is -2.34. The lowest BCUT2D eigenvalue weighted by Crippen LogP contribution is -2.60. The van der Waals surface area contributed by atoms with E-state index in [-0.39, 0.29) is 43.8 Å². The fourth-order valence-corrected chi connectivity index (χ4v) is 8.64. The topological polar surface area (TPSA) is 175 Å². The largest absolute Gasteiger partial charge is 0.461 e. The quantitative estimate of drug-likeness (QED) is 0.276. The zero-order valence-electron chi connectivity index (χ0n) is 31.4. The first-order valence-corrected chi connectivity index (χ1v) is 19.3. The monoisotopic (exact) mass is 768 g/mol. The van der Waals surface area contributed by atoms with Crippen molar-refractivity contribution in [1.82, 2.24) is 30.7 Å². The number of allylic oxidation sites excluding steroid dienone is 1. The van der Waals surface area contributed by atoms with Gasteiger partial charge in [0.1, 0.15) is 54.5 Å². The summed E-state index contributed by atoms with van der Waals surface area (Å²) in [5.41, 5.74) is 0.0671. The van der Waals surface area contributed by atoms with Gasteiger partial charge in [0.05, 0.1) is 0 Å². The molecule has 3 heterocycles. The predicted molar refractivity (Wildman–Crippen MR) is 192 cm³/mol. The molecule has 5 fully saturated rings. The summed E-state index contributed by atoms with van der Waals surface area (Å²) in [4.78, 5) is 99.2. The number of nitrogens with zero attached hydrogens (tertiary/aromatic N) is 3. The highest BCUT2D eigenvalue weighted by molar-refractivity contribution is 5.98. The molecule has 0 spiro atoms. The van der Waals surface area contributed by atoms with Crippen molar-refractivity contribution in [2.24, 2.45) is 17.8 Å². The summed E-state index contributed by atoms with van der Waals surface area (Å²) in [5, 5.41) is 7.85. The Morgan fingerprint density at radius 2 is 1.49 bits per heavy atom. The van der Waals surface area contributed by atoms with Crippen LogP contribution in [0.25, 0.3) is 0 Å². The number of ether oxygens (including phenoxy) is 1. The number of esters is 1. The number of benzene rings is 1. The first-order chi connectivity index (χ1) is 26.2. The van der Waals surface area contributed by atoms with Gasteiger partial charge in [-0.25, -0.2) is 13.6 Å². The third-order valence-electron chi connectivity index (χ3n) is 11.9. The van der Waals surface area contributed by atoms with Crippen LogP contribution in [0, 0.1) is 29.4 Å². The highest BCUT2D eigenvalue weighted by Crippen LogP contribution is 2.56. The summed E-state index contributed by atoms with van der Waals surface area (Å²) in [6.07, 6.45) is 8.78. The van der Waals surface area contributed by atoms with E-state index in [1.807, 2.05) is 6.08 Å². The Bertz CT molecular complexity index is 1710. The van der Waals surface area contributed by atoms with Crippen molar-refractivity contribution in [3.05, 3.63) is 47.5 Å². The number of amides is 6. The van der Waals surface area contributed by atoms with Crippen molar-refractivity contribution in [2.75, 3.05) is 26.7 Å². The molecule has 3 N–H and O–H groups in total. The second kappa shape index (κ2) is 16.9. The number of likely N-dealkylation sites (N-methyl/N-ethyl adjacent to an activating group) is 1. The molecule has 5 aliphatic rings. The Morgan fingerprint density at radius 3 is 2.15 bits per heavy atom. The molecule has 0 radical (unpaired) electrons. The van der Waals surface area contributed by atoms with Crippen molar-refractivity contribution >= 4 is 41.4 Å². The van der Waals surface area contributed by atoms with Crippen molar-refractivity contribution < 1.29 is 47.1 Å². The van der Waals surface area contributed by atoms with Crippen molar-refractivity contribution in [3.8, 4) is 0 Å². The molecular weight excluding hydrogens is 718 g/mol. The highest BCUT2D eigenvalue weighted by atomic mass is 19.1. The first-order valence-electron chi connectivity index (χ1n) is 19.3. The summed E-state index contributed by atoms with van der Waals surface area (Å²) in [7, 11) is 1.43. The number of fused-ring (bicyclic) bond motifs is 3. The average molecular weight is 769 g/mol. The second-order valence-corrected chi connectivity index (χ2v) is 15.5. The van der Waals surface area contributed by atoms with Gasteiger partial charge in [0.2, 0.25) is 35.4 Å². The minimum atomic E-state index is -1.55. The molecular formula is C39H50F2N6O8. The minimum absolute atomic E-state index is 0.0671. The molecule has 2 saturated carbocycles. The lowest BCUT2D eigenvalue weighted by molar-refractivity contribution is -0.158. The first kappa shape index (κ1) is 39.8. The van der Waals surface area contributed by atoms with Gasteiger partial charge >= 0.3 is 5.97 Å². The number of rotatable bonds is 7. The van der Waals surface area contributed by atoms with Crippen LogP contribution in [0.15, 0.2) is 30.4 Å². The summed E-state index contributed by atoms with van der Waals surface area (Å²) in [6, 6.07) is -4.28. The van der Waals surface area contributed by atoms with Gasteiger partial charge in [-0.05, 0) is 93.9 Å². The molecule has 2 unspecified atom stereocenters. The number of halogens is 2. The van der Waals surface area contributed by atoms with E-state index in [9.17, 15) is 42.3 Å². The van der Waals surface area contributed by atoms with E-state index in [0.717, 1.165) is 37.8 Å². The summed E-state index contributed by atoms with van der Waals surface area (Å²) in [6.45, 7) is 2.67. The molecule has 0 aromatic heterocycles. The molecule has 1 aromatic rings. The Hall–Kier alpha value is -4.89. The maximum Gasteiger partial charge on any atom is 0.328 e. The molecule has 1 aromatic carbocycles. The lowest BCUT2D eigenvalue weighted by atomic mass is 10.0. The smallest absolute Gasteiger partial charge is 0.328 e. The van der Waals surface area contributed by atoms with Gasteiger partial charge in [-0.15, -0.1) is 0 Å². The van der Waals surface area contributed by atoms with E-state index in [4.69, 9.17) is 4.74 Å². The molecule has 0 bridgehead atoms. The van der Waals surface area contributed by atoms with E-state index < -0.39 is 95.9 Å². The van der Waals surface area contributed by atoms with Gasteiger partial charge in [-0.2, -0.15) is 0 Å². The third kappa shape index (κ3) is 8.99. The Morgan fingerprint density at radius 1 is 0.873 bits per heavy atom. The van der Waals surface area contributed by atoms with Gasteiger partial charge in [-0.1, -0.05) is 18.9 Å². The van der Waals surface area contributed by atoms with Crippen molar-refractivity contribution in [1.29, 1.82) is 0 Å². The Labute approximate surface area is 318 Å². The van der Waals surface area contributed by atoms with E-state index >= 15 is 0 Å². The molecule has 8 atom stereocenters. The molecule has 55 heavy (non-hydrogen) atoms. The van der Waals surface area contributed by atoms with Gasteiger partial charge in [0, 0.05) is 32.6 Å². The molecule has 3 aliphatic heterocycles. The predicted octanol–water partition coefficient (Wildman–Crippen LogP) is 1.36. The molecule has 16 heteroatoms. The number of nitrogens with one attached hydrogen (secondary N) is 3. The SMILES string of the molecule is C[C@@H]1NC(=O)[C@H](C)N(C)C(=O)[C@@H]2CCCN2C(=O)[C@@H](NC(=O)[C@H](Cc2cc(F)cc(F)c2)NC(=O)/C=C/C2C3CCCCC23)COC(=O)[C@@H]2CCCN2C1=O. The fraction of sp³-hybridized carbons (Fsp3) is 0.615. The highest BCUT2D eigenvalue weighted by Gasteiger charge is 2.49. The molecule has 14 nitrogen and oxygen atoms in total. The third-order valence-corrected chi connectivity index (χ3v) is 11.9. The van der Waals surface area contributed by atoms with E-state index in [0.29, 0.717) is 30.7 Å². The van der Waals surface area contributed by atoms with E-state index in [1.54, 1.807) is 0 Å². The summed E-state index contributed by atoms with van der Waals surface area (Å²) >= 11 is 0. The standard InChI is InChI=1S/C39H50F2N6O8/c1-21-36(51)47-15-7-11-32(47)39(54)55-20-30(37(52)46-14-6-10-31(46)38(53)45(3)22(2)34(49)42-21)44-35(50)29(18-23-16-24(40)19-25(41)17-23)43-33(48)13-12-28-26-8-4-5-9-27(26)28/h12-13,16-17,19,21-22,26-32H,4-11,14-15,18,20H2,1-3H3,(H,42,49)(H,43,48)(H,44,50)/b13-12+/t21-,22-,26?,27?,28?,29-,30-,31-,32-/m0/s1. The molecule has 3 saturated heterocycles. The van der Waals surface area contributed by atoms with Crippen LogP contribution >= 0.6 is 0 Å². The summed E-state index contributed by atoms with van der Waals surface area (Å²) in [5.74, 6) is -5.17. The minimum Gasteiger partial charge on any atom is -0.461 e. The van der Waals surface area contributed by atoms with Crippen LogP contribution in [-0.2, 0) is 44.7 Å². The fourth-order valence-electron chi connectivity index (χ4n) is 8.64. The molecule has 2 aliphatic carbocycles. The second-order valence-electron chi connectivity index (χ2n) is 15.5. The zero-order chi connectivity index (χ0) is 39.6. The maximum absolute atomic E-state index is 14.3. The summed E-state index contributed by atoms with van der Waals surface area (Å²) < 4.78 is 34.1. The number of carbonyl (C=O) groups excluding carboxylic acids is 7. The number of hydrogen-bond donors (Lipinski definition) is 3. The maximum atomic E-state index is 14.3. The van der Waals surface area contributed by atoms with Crippen LogP contribution in [0.5, 0.6) is 0 Å². The van der Waals surface area contributed by atoms with E-state index in [2.05, 4.69) is 16.0 Å². The van der Waals surface area contributed by atoms with Gasteiger partial charge in [0.15, 0.2) is 0 Å². The van der Waals surface area contributed by atoms with Crippen LogP contribution in [-0.4, -0.2) is 119 Å². The van der Waals surface area contributed by atoms with Crippen molar-refractivity contribution in [2.45, 2.75) is 108 Å². The van der Waals surface area contributed by atoms with Crippen LogP contribution in [0.1, 0.15) is 70.8 Å².